The zero-order valence-electron chi connectivity index (χ0n) is 15.3. The average molecular weight is 362 g/mol. The summed E-state index contributed by atoms with van der Waals surface area (Å²) in [6.07, 6.45) is 3.01. The van der Waals surface area contributed by atoms with Crippen molar-refractivity contribution in [2.45, 2.75) is 38.1 Å². The first-order chi connectivity index (χ1) is 13.0. The van der Waals surface area contributed by atoms with Crippen LogP contribution in [0.5, 0.6) is 0 Å². The summed E-state index contributed by atoms with van der Waals surface area (Å²) in [4.78, 5) is 38.7. The van der Waals surface area contributed by atoms with E-state index in [2.05, 4.69) is 5.32 Å². The van der Waals surface area contributed by atoms with Crippen LogP contribution in [0.2, 0.25) is 0 Å². The third-order valence-electron chi connectivity index (χ3n) is 5.60. The normalized spacial score (nSPS) is 17.4. The minimum absolute atomic E-state index is 0.0993. The van der Waals surface area contributed by atoms with Crippen LogP contribution in [0, 0.1) is 6.92 Å². The van der Waals surface area contributed by atoms with Crippen LogP contribution in [0.4, 0.5) is 0 Å². The highest BCUT2D eigenvalue weighted by atomic mass is 16.2. The fourth-order valence-electron chi connectivity index (χ4n) is 3.92. The van der Waals surface area contributed by atoms with Gasteiger partial charge in [0.1, 0.15) is 0 Å². The molecule has 1 fully saturated rings. The number of benzene rings is 2. The lowest BCUT2D eigenvalue weighted by atomic mass is 9.71. The van der Waals surface area contributed by atoms with E-state index in [-0.39, 0.29) is 36.2 Å². The Kier molecular flexibility index (Phi) is 4.30. The molecule has 0 bridgehead atoms. The van der Waals surface area contributed by atoms with Crippen molar-refractivity contribution in [2.24, 2.45) is 0 Å². The van der Waals surface area contributed by atoms with E-state index in [4.69, 9.17) is 0 Å². The Bertz CT molecular complexity index is 916. The molecule has 0 unspecified atom stereocenters. The number of carbonyl (C=O) groups is 3. The molecule has 27 heavy (non-hydrogen) atoms. The van der Waals surface area contributed by atoms with Crippen LogP contribution in [-0.2, 0) is 10.3 Å². The van der Waals surface area contributed by atoms with Crippen molar-refractivity contribution in [3.8, 4) is 0 Å². The van der Waals surface area contributed by atoms with E-state index in [1.54, 1.807) is 12.1 Å². The highest BCUT2D eigenvalue weighted by Gasteiger charge is 2.40. The molecule has 1 saturated carbocycles. The summed E-state index contributed by atoms with van der Waals surface area (Å²) in [6.45, 7) is 1.98. The van der Waals surface area contributed by atoms with Crippen molar-refractivity contribution in [1.29, 1.82) is 0 Å². The van der Waals surface area contributed by atoms with Gasteiger partial charge in [0.2, 0.25) is 5.91 Å². The maximum Gasteiger partial charge on any atom is 0.261 e. The summed E-state index contributed by atoms with van der Waals surface area (Å²) in [6, 6.07) is 15.2. The first kappa shape index (κ1) is 17.5. The smallest absolute Gasteiger partial charge is 0.261 e. The number of hydrogen-bond donors (Lipinski definition) is 1. The van der Waals surface area contributed by atoms with Gasteiger partial charge in [-0.25, -0.2) is 0 Å². The number of nitrogens with zero attached hydrogens (tertiary/aromatic N) is 1. The Hall–Kier alpha value is -2.95. The van der Waals surface area contributed by atoms with E-state index in [1.165, 1.54) is 4.90 Å². The van der Waals surface area contributed by atoms with Gasteiger partial charge in [0, 0.05) is 13.0 Å². The molecular weight excluding hydrogens is 340 g/mol. The standard InChI is InChI=1S/C22H22N2O3/c1-15-8-9-17-18(14-15)21(27)24(20(17)26)13-10-19(25)23-22(11-5-12-22)16-6-3-2-4-7-16/h2-4,6-9,14H,5,10-13H2,1H3,(H,23,25). The van der Waals surface area contributed by atoms with Crippen LogP contribution in [0.3, 0.4) is 0 Å². The quantitative estimate of drug-likeness (QED) is 0.831. The topological polar surface area (TPSA) is 66.5 Å². The Morgan fingerprint density at radius 1 is 1.04 bits per heavy atom. The molecule has 0 radical (unpaired) electrons. The summed E-state index contributed by atoms with van der Waals surface area (Å²) >= 11 is 0. The maximum absolute atomic E-state index is 12.6. The van der Waals surface area contributed by atoms with Crippen molar-refractivity contribution in [2.75, 3.05) is 6.54 Å². The maximum atomic E-state index is 12.6. The fraction of sp³-hybridized carbons (Fsp3) is 0.318. The van der Waals surface area contributed by atoms with Crippen molar-refractivity contribution in [3.63, 3.8) is 0 Å². The Morgan fingerprint density at radius 2 is 1.74 bits per heavy atom. The number of nitrogens with one attached hydrogen (secondary N) is 1. The molecule has 2 aromatic carbocycles. The third-order valence-corrected chi connectivity index (χ3v) is 5.60. The summed E-state index contributed by atoms with van der Waals surface area (Å²) in [5.41, 5.74) is 2.59. The third kappa shape index (κ3) is 3.03. The van der Waals surface area contributed by atoms with Gasteiger partial charge in [-0.05, 0) is 43.9 Å². The molecular formula is C22H22N2O3. The lowest BCUT2D eigenvalue weighted by Gasteiger charge is -2.43. The van der Waals surface area contributed by atoms with Gasteiger partial charge in [0.25, 0.3) is 11.8 Å². The van der Waals surface area contributed by atoms with E-state index >= 15 is 0 Å². The molecule has 0 atom stereocenters. The fourth-order valence-corrected chi connectivity index (χ4v) is 3.92. The second-order valence-electron chi connectivity index (χ2n) is 7.41. The summed E-state index contributed by atoms with van der Waals surface area (Å²) in [7, 11) is 0. The van der Waals surface area contributed by atoms with Gasteiger partial charge >= 0.3 is 0 Å². The molecule has 1 N–H and O–H groups in total. The summed E-state index contributed by atoms with van der Waals surface area (Å²) in [5.74, 6) is -0.761. The molecule has 2 aromatic rings. The van der Waals surface area contributed by atoms with Gasteiger partial charge in [-0.15, -0.1) is 0 Å². The monoisotopic (exact) mass is 362 g/mol. The minimum Gasteiger partial charge on any atom is -0.347 e. The Labute approximate surface area is 158 Å². The zero-order chi connectivity index (χ0) is 19.0. The largest absolute Gasteiger partial charge is 0.347 e. The molecule has 4 rings (SSSR count). The highest BCUT2D eigenvalue weighted by molar-refractivity contribution is 6.21. The van der Waals surface area contributed by atoms with Crippen molar-refractivity contribution in [1.82, 2.24) is 10.2 Å². The van der Waals surface area contributed by atoms with Crippen molar-refractivity contribution < 1.29 is 14.4 Å². The van der Waals surface area contributed by atoms with Gasteiger partial charge < -0.3 is 5.32 Å². The molecule has 1 aliphatic heterocycles. The molecule has 0 saturated heterocycles. The number of carbonyl (C=O) groups excluding carboxylic acids is 3. The van der Waals surface area contributed by atoms with E-state index < -0.39 is 0 Å². The number of fused-ring (bicyclic) bond motifs is 1. The van der Waals surface area contributed by atoms with Gasteiger partial charge in [0.05, 0.1) is 16.7 Å². The molecule has 3 amide bonds. The van der Waals surface area contributed by atoms with E-state index in [9.17, 15) is 14.4 Å². The van der Waals surface area contributed by atoms with Gasteiger partial charge in [-0.2, -0.15) is 0 Å². The number of amides is 3. The number of hydrogen-bond acceptors (Lipinski definition) is 3. The summed E-state index contributed by atoms with van der Waals surface area (Å²) < 4.78 is 0. The molecule has 0 spiro atoms. The molecule has 1 aliphatic carbocycles. The summed E-state index contributed by atoms with van der Waals surface area (Å²) in [5, 5.41) is 3.14. The first-order valence-corrected chi connectivity index (χ1v) is 9.34. The number of aryl methyl sites for hydroxylation is 1. The number of rotatable bonds is 5. The van der Waals surface area contributed by atoms with E-state index in [1.807, 2.05) is 43.3 Å². The molecule has 1 heterocycles. The Morgan fingerprint density at radius 3 is 2.41 bits per heavy atom. The Balaban J connectivity index is 1.42. The van der Waals surface area contributed by atoms with Crippen LogP contribution in [0.15, 0.2) is 48.5 Å². The van der Waals surface area contributed by atoms with Crippen LogP contribution in [-0.4, -0.2) is 29.2 Å². The van der Waals surface area contributed by atoms with Crippen molar-refractivity contribution in [3.05, 3.63) is 70.8 Å². The predicted octanol–water partition coefficient (Wildman–Crippen LogP) is 3.18. The van der Waals surface area contributed by atoms with Gasteiger partial charge in [-0.1, -0.05) is 42.0 Å². The average Bonchev–Trinajstić information content (AvgIpc) is 2.87. The molecule has 5 nitrogen and oxygen atoms in total. The van der Waals surface area contributed by atoms with E-state index in [0.717, 1.165) is 30.4 Å². The first-order valence-electron chi connectivity index (χ1n) is 9.34. The van der Waals surface area contributed by atoms with Gasteiger partial charge in [0.15, 0.2) is 0 Å². The molecule has 138 valence electrons. The second kappa shape index (κ2) is 6.65. The second-order valence-corrected chi connectivity index (χ2v) is 7.41. The molecule has 5 heteroatoms. The van der Waals surface area contributed by atoms with Crippen LogP contribution in [0.1, 0.15) is 57.5 Å². The lowest BCUT2D eigenvalue weighted by Crippen LogP contribution is -2.51. The molecule has 0 aromatic heterocycles. The van der Waals surface area contributed by atoms with Crippen LogP contribution in [0.25, 0.3) is 0 Å². The molecule has 2 aliphatic rings. The number of imide groups is 1. The minimum atomic E-state index is -0.316. The highest BCUT2D eigenvalue weighted by Crippen LogP contribution is 2.41. The zero-order valence-corrected chi connectivity index (χ0v) is 15.3. The SMILES string of the molecule is Cc1ccc2c(c1)C(=O)N(CCC(=O)NC1(c3ccccc3)CCC1)C2=O. The van der Waals surface area contributed by atoms with E-state index in [0.29, 0.717) is 11.1 Å². The predicted molar refractivity (Wildman–Crippen MR) is 101 cm³/mol. The lowest BCUT2D eigenvalue weighted by molar-refractivity contribution is -0.124. The van der Waals surface area contributed by atoms with Crippen LogP contribution >= 0.6 is 0 Å². The van der Waals surface area contributed by atoms with Crippen molar-refractivity contribution >= 4 is 17.7 Å². The van der Waals surface area contributed by atoms with Crippen LogP contribution < -0.4 is 5.32 Å². The van der Waals surface area contributed by atoms with Gasteiger partial charge in [-0.3, -0.25) is 19.3 Å².